The molecule has 0 aromatic heterocycles. The number of methoxy groups -OCH3 is 2. The molecule has 0 atom stereocenters. The lowest BCUT2D eigenvalue weighted by Crippen LogP contribution is -2.17. The van der Waals surface area contributed by atoms with Crippen molar-refractivity contribution in [1.29, 1.82) is 0 Å². The van der Waals surface area contributed by atoms with Gasteiger partial charge < -0.3 is 9.47 Å². The van der Waals surface area contributed by atoms with Crippen LogP contribution in [-0.4, -0.2) is 25.4 Å². The van der Waals surface area contributed by atoms with Gasteiger partial charge in [0.05, 0.1) is 19.1 Å². The third kappa shape index (κ3) is 2.93. The molecule has 1 aliphatic rings. The van der Waals surface area contributed by atoms with Crippen molar-refractivity contribution in [3.8, 4) is 11.5 Å². The summed E-state index contributed by atoms with van der Waals surface area (Å²) in [4.78, 5) is 22.9. The first kappa shape index (κ1) is 14.0. The Morgan fingerprint density at radius 1 is 1.21 bits per heavy atom. The summed E-state index contributed by atoms with van der Waals surface area (Å²) in [6, 6.07) is 3.47. The topological polar surface area (TPSA) is 64.6 Å². The van der Waals surface area contributed by atoms with Gasteiger partial charge in [0, 0.05) is 4.47 Å². The van der Waals surface area contributed by atoms with Gasteiger partial charge in [-0.2, -0.15) is 0 Å². The third-order valence-corrected chi connectivity index (χ3v) is 3.93. The van der Waals surface area contributed by atoms with Gasteiger partial charge in [-0.1, -0.05) is 15.9 Å². The third-order valence-electron chi connectivity index (χ3n) is 2.43. The van der Waals surface area contributed by atoms with Gasteiger partial charge in [0.15, 0.2) is 11.5 Å². The average Bonchev–Trinajstić information content (AvgIpc) is 2.69. The van der Waals surface area contributed by atoms with Gasteiger partial charge in [-0.3, -0.25) is 14.9 Å². The van der Waals surface area contributed by atoms with E-state index in [0.29, 0.717) is 16.4 Å². The van der Waals surface area contributed by atoms with E-state index in [9.17, 15) is 9.59 Å². The zero-order chi connectivity index (χ0) is 14.0. The summed E-state index contributed by atoms with van der Waals surface area (Å²) < 4.78 is 11.1. The van der Waals surface area contributed by atoms with Crippen LogP contribution in [0.3, 0.4) is 0 Å². The number of halogens is 1. The normalized spacial score (nSPS) is 16.7. The quantitative estimate of drug-likeness (QED) is 0.855. The molecule has 1 fully saturated rings. The summed E-state index contributed by atoms with van der Waals surface area (Å²) in [5.74, 6) is 0.736. The number of ether oxygens (including phenoxy) is 2. The number of amides is 2. The Labute approximate surface area is 122 Å². The Balaban J connectivity index is 2.43. The summed E-state index contributed by atoms with van der Waals surface area (Å²) in [6.45, 7) is 0. The van der Waals surface area contributed by atoms with E-state index in [2.05, 4.69) is 21.2 Å². The maximum Gasteiger partial charge on any atom is 0.290 e. The molecular weight excluding hydrogens is 334 g/mol. The Hall–Kier alpha value is -1.47. The lowest BCUT2D eigenvalue weighted by molar-refractivity contribution is -0.115. The maximum atomic E-state index is 11.5. The van der Waals surface area contributed by atoms with Crippen LogP contribution in [0.5, 0.6) is 11.5 Å². The molecule has 2 amide bonds. The number of hydrogen-bond donors (Lipinski definition) is 1. The molecule has 100 valence electrons. The molecule has 1 aromatic rings. The number of imide groups is 1. The van der Waals surface area contributed by atoms with Crippen LogP contribution >= 0.6 is 27.7 Å². The second-order valence-corrected chi connectivity index (χ2v) is 5.45. The first-order chi connectivity index (χ1) is 9.05. The van der Waals surface area contributed by atoms with Gasteiger partial charge in [-0.25, -0.2) is 0 Å². The lowest BCUT2D eigenvalue weighted by atomic mass is 10.2. The molecular formula is C12H10BrNO4S. The van der Waals surface area contributed by atoms with Gasteiger partial charge in [0.1, 0.15) is 0 Å². The van der Waals surface area contributed by atoms with Crippen molar-refractivity contribution in [2.75, 3.05) is 14.2 Å². The fraction of sp³-hybridized carbons (Fsp3) is 0.167. The average molecular weight is 344 g/mol. The lowest BCUT2D eigenvalue weighted by Gasteiger charge is -2.10. The number of carbonyl (C=O) groups excluding carboxylic acids is 2. The summed E-state index contributed by atoms with van der Waals surface area (Å²) in [5, 5.41) is 1.84. The molecule has 2 rings (SSSR count). The van der Waals surface area contributed by atoms with E-state index in [4.69, 9.17) is 9.47 Å². The smallest absolute Gasteiger partial charge is 0.290 e. The summed E-state index contributed by atoms with van der Waals surface area (Å²) in [6.07, 6.45) is 1.62. The molecule has 0 radical (unpaired) electrons. The van der Waals surface area contributed by atoms with E-state index in [-0.39, 0.29) is 5.24 Å². The van der Waals surface area contributed by atoms with Crippen LogP contribution in [0.2, 0.25) is 0 Å². The van der Waals surface area contributed by atoms with E-state index in [0.717, 1.165) is 21.8 Å². The van der Waals surface area contributed by atoms with Crippen molar-refractivity contribution in [2.45, 2.75) is 0 Å². The van der Waals surface area contributed by atoms with Gasteiger partial charge >= 0.3 is 0 Å². The predicted octanol–water partition coefficient (Wildman–Crippen LogP) is 2.79. The van der Waals surface area contributed by atoms with Gasteiger partial charge in [0.25, 0.3) is 11.1 Å². The highest BCUT2D eigenvalue weighted by Gasteiger charge is 2.25. The zero-order valence-corrected chi connectivity index (χ0v) is 12.6. The molecule has 0 aliphatic carbocycles. The molecule has 1 aliphatic heterocycles. The van der Waals surface area contributed by atoms with E-state index in [1.807, 2.05) is 0 Å². The first-order valence-electron chi connectivity index (χ1n) is 5.21. The fourth-order valence-electron chi connectivity index (χ4n) is 1.54. The van der Waals surface area contributed by atoms with Crippen molar-refractivity contribution in [3.63, 3.8) is 0 Å². The second-order valence-electron chi connectivity index (χ2n) is 3.58. The highest BCUT2D eigenvalue weighted by Crippen LogP contribution is 2.36. The van der Waals surface area contributed by atoms with Crippen molar-refractivity contribution >= 4 is 44.9 Å². The van der Waals surface area contributed by atoms with E-state index in [1.165, 1.54) is 7.11 Å². The second kappa shape index (κ2) is 5.66. The molecule has 7 heteroatoms. The number of hydrogen-bond acceptors (Lipinski definition) is 5. The Morgan fingerprint density at radius 2 is 1.84 bits per heavy atom. The molecule has 1 saturated heterocycles. The van der Waals surface area contributed by atoms with Crippen molar-refractivity contribution < 1.29 is 19.1 Å². The predicted molar refractivity (Wildman–Crippen MR) is 76.4 cm³/mol. The van der Waals surface area contributed by atoms with E-state index < -0.39 is 5.91 Å². The van der Waals surface area contributed by atoms with Crippen LogP contribution in [0.25, 0.3) is 6.08 Å². The van der Waals surface area contributed by atoms with Gasteiger partial charge in [-0.05, 0) is 35.5 Å². The minimum absolute atomic E-state index is 0.345. The van der Waals surface area contributed by atoms with Crippen LogP contribution in [0.15, 0.2) is 21.5 Å². The molecule has 19 heavy (non-hydrogen) atoms. The maximum absolute atomic E-state index is 11.5. The number of nitrogens with one attached hydrogen (secondary N) is 1. The van der Waals surface area contributed by atoms with Crippen LogP contribution < -0.4 is 14.8 Å². The summed E-state index contributed by atoms with van der Waals surface area (Å²) in [7, 11) is 3.07. The highest BCUT2D eigenvalue weighted by atomic mass is 79.9. The Bertz CT molecular complexity index is 585. The van der Waals surface area contributed by atoms with Crippen molar-refractivity contribution in [2.24, 2.45) is 0 Å². The van der Waals surface area contributed by atoms with Crippen molar-refractivity contribution in [3.05, 3.63) is 27.1 Å². The summed E-state index contributed by atoms with van der Waals surface area (Å²) in [5.41, 5.74) is 0.727. The number of carbonyl (C=O) groups is 2. The van der Waals surface area contributed by atoms with Gasteiger partial charge in [-0.15, -0.1) is 0 Å². The molecule has 1 aromatic carbocycles. The molecule has 1 N–H and O–H groups in total. The number of benzene rings is 1. The monoisotopic (exact) mass is 343 g/mol. The molecule has 0 unspecified atom stereocenters. The molecule has 0 saturated carbocycles. The van der Waals surface area contributed by atoms with Crippen LogP contribution in [0, 0.1) is 0 Å². The first-order valence-corrected chi connectivity index (χ1v) is 6.82. The van der Waals surface area contributed by atoms with Crippen LogP contribution in [0.4, 0.5) is 4.79 Å². The Kier molecular flexibility index (Phi) is 4.16. The molecule has 1 heterocycles. The standard InChI is InChI=1S/C12H10BrNO4S/c1-17-8-3-6(7(13)5-9(8)18-2)4-10-11(15)14-12(16)19-10/h3-5H,1-2H3,(H,14,15,16)/b10-4-. The minimum Gasteiger partial charge on any atom is -0.493 e. The molecule has 5 nitrogen and oxygen atoms in total. The largest absolute Gasteiger partial charge is 0.493 e. The SMILES string of the molecule is COc1cc(Br)c(/C=C2\SC(=O)NC2=O)cc1OC. The zero-order valence-electron chi connectivity index (χ0n) is 10.2. The molecule has 0 bridgehead atoms. The number of thioether (sulfide) groups is 1. The highest BCUT2D eigenvalue weighted by molar-refractivity contribution is 9.10. The molecule has 0 spiro atoms. The van der Waals surface area contributed by atoms with Gasteiger partial charge in [0.2, 0.25) is 0 Å². The van der Waals surface area contributed by atoms with E-state index >= 15 is 0 Å². The number of rotatable bonds is 3. The van der Waals surface area contributed by atoms with Crippen LogP contribution in [0.1, 0.15) is 5.56 Å². The van der Waals surface area contributed by atoms with E-state index in [1.54, 1.807) is 25.3 Å². The minimum atomic E-state index is -0.392. The Morgan fingerprint density at radius 3 is 2.37 bits per heavy atom. The fourth-order valence-corrected chi connectivity index (χ4v) is 2.65. The van der Waals surface area contributed by atoms with Crippen LogP contribution in [-0.2, 0) is 4.79 Å². The van der Waals surface area contributed by atoms with Crippen molar-refractivity contribution in [1.82, 2.24) is 5.32 Å². The summed E-state index contributed by atoms with van der Waals surface area (Å²) >= 11 is 4.26.